The number of aromatic nitrogens is 4. The van der Waals surface area contributed by atoms with Crippen molar-refractivity contribution >= 4 is 47.6 Å². The number of Topliss-reactive ketones (excluding diaryl/α,β-unsaturated/α-hetero) is 2. The highest BCUT2D eigenvalue weighted by molar-refractivity contribution is 5.91. The number of methoxy groups -OCH3 is 2. The minimum Gasteiger partial charge on any atom is -0.467 e. The highest BCUT2D eigenvalue weighted by Gasteiger charge is 2.43. The van der Waals surface area contributed by atoms with E-state index in [-0.39, 0.29) is 63.1 Å². The van der Waals surface area contributed by atoms with E-state index in [1.165, 1.54) is 59.3 Å². The second kappa shape index (κ2) is 21.4. The van der Waals surface area contributed by atoms with E-state index in [0.717, 1.165) is 27.2 Å². The van der Waals surface area contributed by atoms with E-state index >= 15 is 0 Å². The standard InChI is InChI=1S/C31H35N3O7.C17H24N3O6/c1-20(35)15-34(27(29(37)39-5)14-21-16-33(19-32-21)17-28(36)41-31(2,3)4)30(38)40-18-26-24-12-8-6-10-22(24)23-11-7-9-13-25(23)26;1-11(21)7-19-13(15(23)25-5)6-12-8-18(10-20(12)16(19)24)9-14(22)26-17(2,3)4/h6-13,16,19,26-27H,14-15,17-18H2,1-5H3;8,10,13H,6-7,9H2,1-5H3/q;+1. The molecule has 3 heterocycles. The molecule has 0 spiro atoms. The lowest BCUT2D eigenvalue weighted by molar-refractivity contribution is -0.685. The van der Waals surface area contributed by atoms with E-state index in [2.05, 4.69) is 4.98 Å². The number of ether oxygens (including phenoxy) is 5. The van der Waals surface area contributed by atoms with Crippen LogP contribution in [0.25, 0.3) is 11.1 Å². The number of esters is 4. The molecule has 0 bridgehead atoms. The minimum atomic E-state index is -1.18. The van der Waals surface area contributed by atoms with Gasteiger partial charge in [-0.05, 0) is 77.6 Å². The van der Waals surface area contributed by atoms with Crippen molar-refractivity contribution in [2.24, 2.45) is 0 Å². The Kier molecular flexibility index (Phi) is 16.2. The van der Waals surface area contributed by atoms with Gasteiger partial charge in [0.1, 0.15) is 54.2 Å². The Morgan fingerprint density at radius 2 is 1.42 bits per heavy atom. The quantitative estimate of drug-likeness (QED) is 0.0928. The van der Waals surface area contributed by atoms with Crippen molar-refractivity contribution in [1.82, 2.24) is 23.9 Å². The lowest BCUT2D eigenvalue weighted by Gasteiger charge is -2.29. The molecule has 2 atom stereocenters. The number of rotatable bonds is 15. The average molecular weight is 928 g/mol. The summed E-state index contributed by atoms with van der Waals surface area (Å²) in [7, 11) is 2.44. The van der Waals surface area contributed by atoms with Crippen LogP contribution in [0.1, 0.15) is 83.8 Å². The topological polar surface area (TPSA) is 216 Å². The number of hydrogen-bond acceptors (Lipinski definition) is 14. The molecule has 0 fully saturated rings. The molecule has 19 heteroatoms. The molecular weight excluding hydrogens is 869 g/mol. The number of carbonyl (C=O) groups is 8. The zero-order chi connectivity index (χ0) is 49.4. The molecule has 6 rings (SSSR count). The summed E-state index contributed by atoms with van der Waals surface area (Å²) >= 11 is 0. The number of carbonyl (C=O) groups excluding carboxylic acids is 8. The number of amides is 2. The van der Waals surface area contributed by atoms with E-state index in [4.69, 9.17) is 23.7 Å². The zero-order valence-electron chi connectivity index (χ0n) is 39.6. The van der Waals surface area contributed by atoms with Crippen LogP contribution in [0.3, 0.4) is 0 Å². The number of imidazole rings is 2. The highest BCUT2D eigenvalue weighted by atomic mass is 16.6. The summed E-state index contributed by atoms with van der Waals surface area (Å²) in [6, 6.07) is 13.3. The molecule has 2 unspecified atom stereocenters. The zero-order valence-corrected chi connectivity index (χ0v) is 39.6. The fourth-order valence-electron chi connectivity index (χ4n) is 7.78. The van der Waals surface area contributed by atoms with E-state index in [1.54, 1.807) is 53.9 Å². The molecule has 0 radical (unpaired) electrons. The first kappa shape index (κ1) is 50.8. The fourth-order valence-corrected chi connectivity index (χ4v) is 7.78. The maximum atomic E-state index is 13.5. The van der Waals surface area contributed by atoms with Crippen molar-refractivity contribution in [2.45, 2.75) is 111 Å². The van der Waals surface area contributed by atoms with E-state index in [1.807, 2.05) is 48.5 Å². The molecule has 2 aromatic carbocycles. The maximum absolute atomic E-state index is 13.5. The monoisotopic (exact) mass is 927 g/mol. The van der Waals surface area contributed by atoms with Gasteiger partial charge in [-0.2, -0.15) is 0 Å². The summed E-state index contributed by atoms with van der Waals surface area (Å²) in [5.74, 6) is -2.96. The number of hydrogen-bond donors (Lipinski definition) is 0. The third kappa shape index (κ3) is 13.5. The predicted molar refractivity (Wildman–Crippen MR) is 238 cm³/mol. The van der Waals surface area contributed by atoms with Crippen LogP contribution in [0.5, 0.6) is 0 Å². The first-order valence-electron chi connectivity index (χ1n) is 21.6. The molecule has 0 saturated heterocycles. The average Bonchev–Trinajstić information content (AvgIpc) is 3.95. The van der Waals surface area contributed by atoms with Crippen LogP contribution in [0.2, 0.25) is 0 Å². The summed E-state index contributed by atoms with van der Waals surface area (Å²) in [5.41, 5.74) is 3.98. The van der Waals surface area contributed by atoms with Crippen molar-refractivity contribution in [2.75, 3.05) is 33.9 Å². The molecule has 0 N–H and O–H groups in total. The Hall–Kier alpha value is -7.18. The Labute approximate surface area is 388 Å². The Morgan fingerprint density at radius 1 is 0.821 bits per heavy atom. The van der Waals surface area contributed by atoms with E-state index < -0.39 is 59.3 Å². The van der Waals surface area contributed by atoms with Gasteiger partial charge in [0.2, 0.25) is 0 Å². The van der Waals surface area contributed by atoms with Gasteiger partial charge < -0.3 is 28.3 Å². The largest absolute Gasteiger partial charge is 0.467 e. The first-order valence-corrected chi connectivity index (χ1v) is 21.6. The molecular formula is C48H59N6O13+. The Bertz CT molecular complexity index is 2470. The number of benzene rings is 2. The van der Waals surface area contributed by atoms with Crippen molar-refractivity contribution < 1.29 is 66.6 Å². The Morgan fingerprint density at radius 3 is 1.97 bits per heavy atom. The molecule has 4 aromatic rings. The third-order valence-corrected chi connectivity index (χ3v) is 10.4. The number of ketones is 2. The van der Waals surface area contributed by atoms with Crippen LogP contribution >= 0.6 is 0 Å². The van der Waals surface area contributed by atoms with Gasteiger partial charge in [-0.25, -0.2) is 33.5 Å². The molecule has 67 heavy (non-hydrogen) atoms. The van der Waals surface area contributed by atoms with Crippen LogP contribution in [-0.2, 0) is 78.4 Å². The predicted octanol–water partition coefficient (Wildman–Crippen LogP) is 4.22. The van der Waals surface area contributed by atoms with Gasteiger partial charge in [0, 0.05) is 25.0 Å². The second-order valence-corrected chi connectivity index (χ2v) is 18.2. The molecule has 2 aliphatic rings. The van der Waals surface area contributed by atoms with Gasteiger partial charge in [0.15, 0.2) is 12.2 Å². The van der Waals surface area contributed by atoms with Gasteiger partial charge in [-0.15, -0.1) is 4.57 Å². The summed E-state index contributed by atoms with van der Waals surface area (Å²) in [6.07, 6.45) is 5.43. The third-order valence-electron chi connectivity index (χ3n) is 10.4. The van der Waals surface area contributed by atoms with Crippen LogP contribution in [0.4, 0.5) is 9.59 Å². The van der Waals surface area contributed by atoms with Crippen LogP contribution in [0.15, 0.2) is 73.6 Å². The molecule has 0 saturated carbocycles. The summed E-state index contributed by atoms with van der Waals surface area (Å²) < 4.78 is 30.5. The summed E-state index contributed by atoms with van der Waals surface area (Å²) in [4.78, 5) is 105. The van der Waals surface area contributed by atoms with Crippen molar-refractivity contribution in [1.29, 1.82) is 0 Å². The first-order chi connectivity index (χ1) is 31.5. The van der Waals surface area contributed by atoms with Crippen LogP contribution in [-0.4, -0.2) is 129 Å². The summed E-state index contributed by atoms with van der Waals surface area (Å²) in [6.45, 7) is 12.6. The van der Waals surface area contributed by atoms with Crippen molar-refractivity contribution in [3.8, 4) is 11.1 Å². The smallest absolute Gasteiger partial charge is 0.417 e. The molecule has 1 aliphatic carbocycles. The highest BCUT2D eigenvalue weighted by Crippen LogP contribution is 2.44. The van der Waals surface area contributed by atoms with Gasteiger partial charge in [-0.1, -0.05) is 48.5 Å². The fraction of sp³-hybridized carbons (Fsp3) is 0.458. The lowest BCUT2D eigenvalue weighted by atomic mass is 9.98. The van der Waals surface area contributed by atoms with Gasteiger partial charge in [-0.3, -0.25) is 24.2 Å². The van der Waals surface area contributed by atoms with Gasteiger partial charge >= 0.3 is 36.0 Å². The van der Waals surface area contributed by atoms with Gasteiger partial charge in [0.05, 0.1) is 39.3 Å². The lowest BCUT2D eigenvalue weighted by Crippen LogP contribution is -2.53. The van der Waals surface area contributed by atoms with Gasteiger partial charge in [0.25, 0.3) is 6.33 Å². The minimum absolute atomic E-state index is 0.0275. The van der Waals surface area contributed by atoms with Crippen molar-refractivity contribution in [3.63, 3.8) is 0 Å². The van der Waals surface area contributed by atoms with Crippen molar-refractivity contribution in [3.05, 3.63) is 96.1 Å². The normalized spacial score (nSPS) is 14.6. The maximum Gasteiger partial charge on any atom is 0.417 e. The molecule has 2 aromatic heterocycles. The Balaban J connectivity index is 0.000000278. The van der Waals surface area contributed by atoms with Crippen LogP contribution in [0, 0.1) is 0 Å². The van der Waals surface area contributed by atoms with E-state index in [9.17, 15) is 38.4 Å². The second-order valence-electron chi connectivity index (χ2n) is 18.2. The molecule has 19 nitrogen and oxygen atoms in total. The summed E-state index contributed by atoms with van der Waals surface area (Å²) in [5, 5.41) is 0. The molecule has 1 aliphatic heterocycles. The number of fused-ring (bicyclic) bond motifs is 4. The number of nitrogens with zero attached hydrogens (tertiary/aromatic N) is 6. The molecule has 2 amide bonds. The molecule has 358 valence electrons. The SMILES string of the molecule is COC(=O)C(Cc1cn(CC(=O)OC(C)(C)C)cn1)N(CC(C)=O)C(=O)OCC1c2ccccc2-c2ccccc21.COC(=O)C1Cc2c[n+](CC(=O)OC(C)(C)C)cn2C(=O)N1CC(C)=O. The van der Waals surface area contributed by atoms with Crippen LogP contribution < -0.4 is 4.57 Å². The van der Waals surface area contributed by atoms with E-state index in [0.29, 0.717) is 11.4 Å².